The Morgan fingerprint density at radius 1 is 1.18 bits per heavy atom. The highest BCUT2D eigenvalue weighted by Crippen LogP contribution is 2.29. The van der Waals surface area contributed by atoms with Gasteiger partial charge >= 0.3 is 15.5 Å². The molecule has 2 aromatic rings. The first-order chi connectivity index (χ1) is 13.0. The van der Waals surface area contributed by atoms with Crippen molar-refractivity contribution < 1.29 is 26.4 Å². The topological polar surface area (TPSA) is 67.8 Å². The number of oxime groups is 1. The van der Waals surface area contributed by atoms with E-state index in [1.165, 1.54) is 16.9 Å². The van der Waals surface area contributed by atoms with Crippen LogP contribution in [0.25, 0.3) is 0 Å². The zero-order chi connectivity index (χ0) is 20.9. The minimum atomic E-state index is -5.60. The lowest BCUT2D eigenvalue weighted by molar-refractivity contribution is -0.0429. The predicted octanol–water partition coefficient (Wildman–Crippen LogP) is 5.59. The lowest BCUT2D eigenvalue weighted by atomic mass is 10.1. The van der Waals surface area contributed by atoms with E-state index in [4.69, 9.17) is 28.0 Å². The summed E-state index contributed by atoms with van der Waals surface area (Å²) in [5.41, 5.74) is -4.85. The fraction of sp³-hybridized carbons (Fsp3) is 0.235. The summed E-state index contributed by atoms with van der Waals surface area (Å²) in [6.07, 6.45) is 0.240. The van der Waals surface area contributed by atoms with E-state index >= 15 is 0 Å². The van der Waals surface area contributed by atoms with E-state index < -0.39 is 15.5 Å². The lowest BCUT2D eigenvalue weighted by Crippen LogP contribution is -2.30. The third kappa shape index (κ3) is 5.52. The van der Waals surface area contributed by atoms with Gasteiger partial charge in [0, 0.05) is 21.2 Å². The van der Waals surface area contributed by atoms with Gasteiger partial charge < -0.3 is 4.84 Å². The first-order valence-electron chi connectivity index (χ1n) is 7.86. The van der Waals surface area contributed by atoms with Crippen molar-refractivity contribution in [2.45, 2.75) is 25.5 Å². The molecule has 0 aliphatic heterocycles. The molecule has 2 aromatic carbocycles. The van der Waals surface area contributed by atoms with Crippen LogP contribution < -0.4 is 4.72 Å². The zero-order valence-electron chi connectivity index (χ0n) is 14.4. The second kappa shape index (κ2) is 9.02. The Morgan fingerprint density at radius 3 is 2.46 bits per heavy atom. The largest absolute Gasteiger partial charge is 0.516 e. The van der Waals surface area contributed by atoms with E-state index in [0.717, 1.165) is 6.07 Å². The van der Waals surface area contributed by atoms with Gasteiger partial charge in [-0.1, -0.05) is 53.5 Å². The van der Waals surface area contributed by atoms with E-state index in [0.29, 0.717) is 10.6 Å². The van der Waals surface area contributed by atoms with Gasteiger partial charge in [0.1, 0.15) is 6.61 Å². The van der Waals surface area contributed by atoms with Crippen LogP contribution in [0.2, 0.25) is 10.0 Å². The summed E-state index contributed by atoms with van der Waals surface area (Å²) in [5, 5.41) is 4.59. The molecule has 0 radical (unpaired) electrons. The molecule has 0 aliphatic carbocycles. The highest BCUT2D eigenvalue weighted by atomic mass is 35.5. The van der Waals surface area contributed by atoms with Crippen molar-refractivity contribution in [1.82, 2.24) is 0 Å². The monoisotopic (exact) mass is 454 g/mol. The molecular formula is C17H15Cl2F3N2O3S. The number of hydrogen-bond donors (Lipinski definition) is 1. The first-order valence-corrected chi connectivity index (χ1v) is 10.1. The molecule has 1 N–H and O–H groups in total. The van der Waals surface area contributed by atoms with Gasteiger partial charge in [0.25, 0.3) is 0 Å². The Kier molecular flexibility index (Phi) is 7.19. The van der Waals surface area contributed by atoms with Crippen LogP contribution in [0.5, 0.6) is 0 Å². The number of nitrogens with one attached hydrogen (secondary N) is 1. The van der Waals surface area contributed by atoms with E-state index in [1.807, 2.05) is 0 Å². The summed E-state index contributed by atoms with van der Waals surface area (Å²) in [7, 11) is -5.60. The summed E-state index contributed by atoms with van der Waals surface area (Å²) in [4.78, 5) is 5.26. The number of rotatable bonds is 7. The fourth-order valence-electron chi connectivity index (χ4n) is 2.15. The van der Waals surface area contributed by atoms with E-state index in [-0.39, 0.29) is 35.0 Å². The van der Waals surface area contributed by atoms with Crippen LogP contribution >= 0.6 is 23.2 Å². The maximum atomic E-state index is 12.7. The molecule has 152 valence electrons. The summed E-state index contributed by atoms with van der Waals surface area (Å²) in [6, 6.07) is 10.6. The van der Waals surface area contributed by atoms with Crippen molar-refractivity contribution in [2.75, 3.05) is 4.72 Å². The smallest absolute Gasteiger partial charge is 0.391 e. The first kappa shape index (κ1) is 22.3. The van der Waals surface area contributed by atoms with Gasteiger partial charge in [0.05, 0.1) is 11.4 Å². The molecule has 0 aliphatic rings. The molecule has 0 bridgehead atoms. The maximum absolute atomic E-state index is 12.7. The SMILES string of the molecule is CC/C(=N\OCc1ccccc1Cl)c1cc(Cl)ccc1NS(=O)(=O)C(F)(F)F. The second-order valence-electron chi connectivity index (χ2n) is 5.50. The third-order valence-electron chi connectivity index (χ3n) is 3.53. The Labute approximate surface area is 170 Å². The van der Waals surface area contributed by atoms with Crippen molar-refractivity contribution in [3.05, 3.63) is 63.6 Å². The molecule has 0 saturated carbocycles. The molecule has 28 heavy (non-hydrogen) atoms. The standard InChI is InChI=1S/C17H15Cl2F3N2O3S/c1-2-15(23-27-10-11-5-3-4-6-14(11)19)13-9-12(18)7-8-16(13)24-28(25,26)17(20,21)22/h3-9,24H,2,10H2,1H3/b23-15+. The highest BCUT2D eigenvalue weighted by molar-refractivity contribution is 7.93. The number of benzene rings is 2. The fourth-order valence-corrected chi connectivity index (χ4v) is 3.09. The number of anilines is 1. The van der Waals surface area contributed by atoms with Crippen molar-refractivity contribution in [1.29, 1.82) is 0 Å². The Balaban J connectivity index is 2.32. The second-order valence-corrected chi connectivity index (χ2v) is 8.02. The molecule has 0 atom stereocenters. The summed E-state index contributed by atoms with van der Waals surface area (Å²) >= 11 is 11.9. The van der Waals surface area contributed by atoms with Gasteiger partial charge in [-0.05, 0) is 30.7 Å². The molecule has 0 fully saturated rings. The van der Waals surface area contributed by atoms with E-state index in [1.54, 1.807) is 31.2 Å². The molecule has 0 aromatic heterocycles. The highest BCUT2D eigenvalue weighted by Gasteiger charge is 2.46. The molecule has 5 nitrogen and oxygen atoms in total. The summed E-state index contributed by atoms with van der Waals surface area (Å²) in [5.74, 6) is 0. The Morgan fingerprint density at radius 2 is 1.86 bits per heavy atom. The number of hydrogen-bond acceptors (Lipinski definition) is 4. The molecule has 11 heteroatoms. The van der Waals surface area contributed by atoms with Crippen molar-refractivity contribution in [2.24, 2.45) is 5.16 Å². The van der Waals surface area contributed by atoms with Gasteiger partial charge in [0.15, 0.2) is 0 Å². The molecule has 0 spiro atoms. The summed E-state index contributed by atoms with van der Waals surface area (Å²) < 4.78 is 62.5. The quantitative estimate of drug-likeness (QED) is 0.438. The van der Waals surface area contributed by atoms with Crippen LogP contribution in [0, 0.1) is 0 Å². The van der Waals surface area contributed by atoms with Crippen LogP contribution in [-0.2, 0) is 21.5 Å². The van der Waals surface area contributed by atoms with Crippen LogP contribution in [0.15, 0.2) is 47.6 Å². The molecule has 0 unspecified atom stereocenters. The van der Waals surface area contributed by atoms with Gasteiger partial charge in [-0.25, -0.2) is 0 Å². The third-order valence-corrected chi connectivity index (χ3v) is 5.23. The molecule has 2 rings (SSSR count). The Hall–Kier alpha value is -1.97. The number of sulfonamides is 1. The maximum Gasteiger partial charge on any atom is 0.516 e. The Bertz CT molecular complexity index is 980. The van der Waals surface area contributed by atoms with Crippen LogP contribution in [0.1, 0.15) is 24.5 Å². The van der Waals surface area contributed by atoms with Gasteiger partial charge in [-0.2, -0.15) is 21.6 Å². The van der Waals surface area contributed by atoms with Crippen molar-refractivity contribution in [3.63, 3.8) is 0 Å². The minimum absolute atomic E-state index is 0.0212. The number of alkyl halides is 3. The molecule has 0 heterocycles. The van der Waals surface area contributed by atoms with Crippen molar-refractivity contribution >= 4 is 44.6 Å². The van der Waals surface area contributed by atoms with E-state index in [9.17, 15) is 21.6 Å². The number of nitrogens with zero attached hydrogens (tertiary/aromatic N) is 1. The minimum Gasteiger partial charge on any atom is -0.391 e. The average molecular weight is 455 g/mol. The van der Waals surface area contributed by atoms with Crippen molar-refractivity contribution in [3.8, 4) is 0 Å². The molecule has 0 amide bonds. The van der Waals surface area contributed by atoms with E-state index in [2.05, 4.69) is 5.16 Å². The molecular weight excluding hydrogens is 440 g/mol. The normalized spacial score (nSPS) is 12.7. The average Bonchev–Trinajstić information content (AvgIpc) is 2.61. The zero-order valence-corrected chi connectivity index (χ0v) is 16.8. The van der Waals surface area contributed by atoms with Crippen LogP contribution in [0.4, 0.5) is 18.9 Å². The molecule has 0 saturated heterocycles. The van der Waals surface area contributed by atoms with Crippen LogP contribution in [-0.4, -0.2) is 19.6 Å². The van der Waals surface area contributed by atoms with Gasteiger partial charge in [0.2, 0.25) is 0 Å². The van der Waals surface area contributed by atoms with Gasteiger partial charge in [-0.15, -0.1) is 0 Å². The van der Waals surface area contributed by atoms with Gasteiger partial charge in [-0.3, -0.25) is 4.72 Å². The summed E-state index contributed by atoms with van der Waals surface area (Å²) in [6.45, 7) is 1.70. The van der Waals surface area contributed by atoms with Crippen LogP contribution in [0.3, 0.4) is 0 Å². The number of halogens is 5. The lowest BCUT2D eigenvalue weighted by Gasteiger charge is -2.15. The predicted molar refractivity (Wildman–Crippen MR) is 103 cm³/mol.